The summed E-state index contributed by atoms with van der Waals surface area (Å²) in [6.45, 7) is 14.7. The molecule has 8 nitrogen and oxygen atoms in total. The second kappa shape index (κ2) is 20.3. The van der Waals surface area contributed by atoms with Crippen LogP contribution in [-0.4, -0.2) is 44.5 Å². The molecule has 9 heteroatoms. The standard InChI is InChI=1S/C41H59N7OS/c1-7-11-14-16-18-20-27-47(28-21-19-17-15-12-8-2)41-44-36(33-25-23-30(5)24-26-33)39(50-41)43-35-31(6)34(29-42)40(49)48-38(35)45-37(46-48)32(10-4)22-13-9-3/h23-26,32H,7-22,27-28H2,1-6H3/b43-35-. The lowest BCUT2D eigenvalue weighted by Gasteiger charge is -2.22. The highest BCUT2D eigenvalue weighted by Gasteiger charge is 2.34. The Morgan fingerprint density at radius 3 is 2.02 bits per heavy atom. The first-order chi connectivity index (χ1) is 24.4. The zero-order chi connectivity index (χ0) is 35.9. The van der Waals surface area contributed by atoms with Gasteiger partial charge in [-0.1, -0.05) is 146 Å². The number of hydrogen-bond acceptors (Lipinski definition) is 8. The molecule has 50 heavy (non-hydrogen) atoms. The third-order valence-electron chi connectivity index (χ3n) is 9.82. The topological polar surface area (TPSA) is 100 Å². The van der Waals surface area contributed by atoms with Crippen LogP contribution in [0.1, 0.15) is 165 Å². The number of nitrogens with zero attached hydrogens (tertiary/aromatic N) is 7. The number of aryl methyl sites for hydroxylation is 1. The van der Waals surface area contributed by atoms with Gasteiger partial charge in [-0.2, -0.15) is 9.94 Å². The Morgan fingerprint density at radius 1 is 0.840 bits per heavy atom. The predicted molar refractivity (Wildman–Crippen MR) is 209 cm³/mol. The van der Waals surface area contributed by atoms with Crippen molar-refractivity contribution < 1.29 is 4.79 Å². The fourth-order valence-electron chi connectivity index (χ4n) is 6.56. The first-order valence-electron chi connectivity index (χ1n) is 19.4. The molecule has 0 fully saturated rings. The number of aromatic nitrogens is 4. The van der Waals surface area contributed by atoms with Gasteiger partial charge in [-0.25, -0.2) is 15.0 Å². The third kappa shape index (κ3) is 10.2. The Kier molecular flexibility index (Phi) is 15.9. The van der Waals surface area contributed by atoms with E-state index in [2.05, 4.69) is 69.9 Å². The SMILES string of the molecule is CCCCCCCCN(CCCCCCCC)c1nc(-c2ccc(C)cc2)c(/N=C2/C(C)=C(C#N)C(=O)n3nc(C(CC)CCCC)nc32)s1. The second-order valence-corrected chi connectivity index (χ2v) is 14.8. The molecule has 270 valence electrons. The van der Waals surface area contributed by atoms with Crippen molar-refractivity contribution in [3.63, 3.8) is 0 Å². The van der Waals surface area contributed by atoms with Gasteiger partial charge in [0.25, 0.3) is 5.91 Å². The van der Waals surface area contributed by atoms with Gasteiger partial charge in [-0.05, 0) is 39.5 Å². The lowest BCUT2D eigenvalue weighted by molar-refractivity contribution is 0.0941. The van der Waals surface area contributed by atoms with Gasteiger partial charge in [-0.3, -0.25) is 4.79 Å². The van der Waals surface area contributed by atoms with Gasteiger partial charge in [0, 0.05) is 30.1 Å². The molecule has 1 aliphatic heterocycles. The summed E-state index contributed by atoms with van der Waals surface area (Å²) < 4.78 is 1.31. The molecule has 0 saturated heterocycles. The molecule has 1 aliphatic rings. The highest BCUT2D eigenvalue weighted by molar-refractivity contribution is 7.19. The van der Waals surface area contributed by atoms with Crippen molar-refractivity contribution in [3.05, 3.63) is 52.6 Å². The summed E-state index contributed by atoms with van der Waals surface area (Å²) in [5, 5.41) is 16.5. The van der Waals surface area contributed by atoms with E-state index in [4.69, 9.17) is 20.1 Å². The lowest BCUT2D eigenvalue weighted by atomic mass is 9.98. The first-order valence-corrected chi connectivity index (χ1v) is 20.2. The van der Waals surface area contributed by atoms with Crippen molar-refractivity contribution in [2.24, 2.45) is 4.99 Å². The van der Waals surface area contributed by atoms with Gasteiger partial charge >= 0.3 is 0 Å². The Labute approximate surface area is 305 Å². The number of fused-ring (bicyclic) bond motifs is 1. The lowest BCUT2D eigenvalue weighted by Crippen LogP contribution is -2.28. The fourth-order valence-corrected chi connectivity index (χ4v) is 7.58. The zero-order valence-electron chi connectivity index (χ0n) is 31.6. The molecule has 0 aliphatic carbocycles. The van der Waals surface area contributed by atoms with Crippen LogP contribution in [0.25, 0.3) is 11.3 Å². The smallest absolute Gasteiger partial charge is 0.291 e. The number of rotatable bonds is 22. The molecule has 0 amide bonds. The number of aliphatic imine (C=N–C) groups is 1. The van der Waals surface area contributed by atoms with Crippen molar-refractivity contribution in [3.8, 4) is 17.3 Å². The fraction of sp³-hybridized carbons (Fsp3) is 0.610. The first kappa shape index (κ1) is 39.2. The molecule has 1 aromatic carbocycles. The van der Waals surface area contributed by atoms with Crippen LogP contribution < -0.4 is 4.90 Å². The monoisotopic (exact) mass is 697 g/mol. The minimum atomic E-state index is -0.434. The van der Waals surface area contributed by atoms with Gasteiger partial charge in [0.1, 0.15) is 28.0 Å². The van der Waals surface area contributed by atoms with Crippen LogP contribution in [0.15, 0.2) is 40.4 Å². The molecule has 2 aromatic heterocycles. The predicted octanol–water partition coefficient (Wildman–Crippen LogP) is 11.5. The molecule has 1 atom stereocenters. The van der Waals surface area contributed by atoms with Crippen molar-refractivity contribution >= 4 is 33.1 Å². The summed E-state index contributed by atoms with van der Waals surface area (Å²) in [5.74, 6) is 0.772. The summed E-state index contributed by atoms with van der Waals surface area (Å²) in [6, 6.07) is 10.6. The van der Waals surface area contributed by atoms with Gasteiger partial charge < -0.3 is 4.90 Å². The Balaban J connectivity index is 1.77. The van der Waals surface area contributed by atoms with Crippen molar-refractivity contribution in [1.29, 1.82) is 5.26 Å². The summed E-state index contributed by atoms with van der Waals surface area (Å²) in [4.78, 5) is 31.5. The van der Waals surface area contributed by atoms with Crippen LogP contribution in [0.2, 0.25) is 0 Å². The van der Waals surface area contributed by atoms with E-state index >= 15 is 0 Å². The Bertz CT molecular complexity index is 1610. The minimum Gasteiger partial charge on any atom is -0.348 e. The summed E-state index contributed by atoms with van der Waals surface area (Å²) in [7, 11) is 0. The molecule has 0 radical (unpaired) electrons. The zero-order valence-corrected chi connectivity index (χ0v) is 32.4. The number of thiazole rings is 1. The molecule has 3 heterocycles. The Hall–Kier alpha value is -3.64. The van der Waals surface area contributed by atoms with Gasteiger partial charge in [-0.15, -0.1) is 5.10 Å². The van der Waals surface area contributed by atoms with E-state index < -0.39 is 5.91 Å². The number of allylic oxidation sites excluding steroid dienone is 2. The van der Waals surface area contributed by atoms with Crippen LogP contribution in [-0.2, 0) is 0 Å². The molecule has 0 N–H and O–H groups in total. The number of unbranched alkanes of at least 4 members (excludes halogenated alkanes) is 11. The van der Waals surface area contributed by atoms with Gasteiger partial charge in [0.15, 0.2) is 16.8 Å². The maximum atomic E-state index is 13.5. The molecule has 4 rings (SSSR count). The van der Waals surface area contributed by atoms with E-state index in [-0.39, 0.29) is 11.5 Å². The molecule has 0 bridgehead atoms. The van der Waals surface area contributed by atoms with Crippen LogP contribution in [0.4, 0.5) is 10.1 Å². The van der Waals surface area contributed by atoms with E-state index in [9.17, 15) is 10.1 Å². The largest absolute Gasteiger partial charge is 0.348 e. The quantitative estimate of drug-likeness (QED) is 0.0969. The van der Waals surface area contributed by atoms with Gasteiger partial charge in [0.2, 0.25) is 0 Å². The van der Waals surface area contributed by atoms with Crippen LogP contribution >= 0.6 is 11.3 Å². The Morgan fingerprint density at radius 2 is 1.44 bits per heavy atom. The number of carbonyl (C=O) groups excluding carboxylic acids is 1. The van der Waals surface area contributed by atoms with E-state index in [1.807, 2.05) is 0 Å². The van der Waals surface area contributed by atoms with Gasteiger partial charge in [0.05, 0.1) is 0 Å². The average Bonchev–Trinajstić information content (AvgIpc) is 3.75. The maximum Gasteiger partial charge on any atom is 0.291 e. The molecule has 1 unspecified atom stereocenters. The molecule has 0 spiro atoms. The molecule has 0 saturated carbocycles. The number of nitriles is 1. The molecular weight excluding hydrogens is 639 g/mol. The third-order valence-corrected chi connectivity index (χ3v) is 10.8. The number of anilines is 1. The second-order valence-electron chi connectivity index (χ2n) is 13.9. The summed E-state index contributed by atoms with van der Waals surface area (Å²) in [5.41, 5.74) is 4.11. The minimum absolute atomic E-state index is 0.0590. The van der Waals surface area contributed by atoms with Crippen LogP contribution in [0.5, 0.6) is 0 Å². The van der Waals surface area contributed by atoms with Crippen molar-refractivity contribution in [2.45, 2.75) is 150 Å². The van der Waals surface area contributed by atoms with Crippen molar-refractivity contribution in [1.82, 2.24) is 19.7 Å². The average molecular weight is 698 g/mol. The summed E-state index contributed by atoms with van der Waals surface area (Å²) >= 11 is 1.60. The van der Waals surface area contributed by atoms with Crippen LogP contribution in [0, 0.1) is 18.3 Å². The van der Waals surface area contributed by atoms with Crippen LogP contribution in [0.3, 0.4) is 0 Å². The highest BCUT2D eigenvalue weighted by Crippen LogP contribution is 2.41. The van der Waals surface area contributed by atoms with Crippen molar-refractivity contribution in [2.75, 3.05) is 18.0 Å². The van der Waals surface area contributed by atoms with E-state index in [0.29, 0.717) is 22.9 Å². The normalized spacial score (nSPS) is 14.3. The molecular formula is C41H59N7OS. The van der Waals surface area contributed by atoms with E-state index in [0.717, 1.165) is 73.0 Å². The number of hydrogen-bond donors (Lipinski definition) is 0. The van der Waals surface area contributed by atoms with E-state index in [1.165, 1.54) is 74.5 Å². The molecule has 3 aromatic rings. The number of carbonyl (C=O) groups is 1. The highest BCUT2D eigenvalue weighted by atomic mass is 32.1. The number of benzene rings is 1. The summed E-state index contributed by atoms with van der Waals surface area (Å²) in [6.07, 6.45) is 19.0. The maximum absolute atomic E-state index is 13.5. The van der Waals surface area contributed by atoms with E-state index in [1.54, 1.807) is 18.3 Å².